The third-order valence-electron chi connectivity index (χ3n) is 4.61. The number of rotatable bonds is 7. The molecule has 2 heterocycles. The maximum atomic E-state index is 12.9. The van der Waals surface area contributed by atoms with E-state index >= 15 is 0 Å². The molecule has 0 fully saturated rings. The van der Waals surface area contributed by atoms with Crippen molar-refractivity contribution in [1.82, 2.24) is 4.57 Å². The van der Waals surface area contributed by atoms with Gasteiger partial charge in [-0.2, -0.15) is 16.8 Å². The summed E-state index contributed by atoms with van der Waals surface area (Å²) in [6.07, 6.45) is 1.99. The van der Waals surface area contributed by atoms with Crippen LogP contribution < -0.4 is 9.54 Å². The van der Waals surface area contributed by atoms with Crippen LogP contribution in [0.5, 0.6) is 5.75 Å². The van der Waals surface area contributed by atoms with Crippen molar-refractivity contribution in [1.29, 1.82) is 0 Å². The highest BCUT2D eigenvalue weighted by atomic mass is 32.2. The van der Waals surface area contributed by atoms with Gasteiger partial charge in [0.15, 0.2) is 21.9 Å². The first-order valence-electron chi connectivity index (χ1n) is 9.53. The Morgan fingerprint density at radius 2 is 2.16 bits per heavy atom. The van der Waals surface area contributed by atoms with E-state index in [-0.39, 0.29) is 11.4 Å². The number of non-ortho nitro benzene ring substituents is 1. The smallest absolute Gasteiger partial charge is 0.315 e. The molecule has 10 heteroatoms. The lowest BCUT2D eigenvalue weighted by Crippen LogP contribution is -2.18. The maximum Gasteiger partial charge on any atom is 0.315 e. The molecule has 1 amide bonds. The van der Waals surface area contributed by atoms with Crippen LogP contribution >= 0.6 is 23.1 Å². The number of carbonyl (C=O) groups is 1. The Bertz CT molecular complexity index is 1350. The zero-order valence-electron chi connectivity index (χ0n) is 16.9. The fourth-order valence-electron chi connectivity index (χ4n) is 3.21. The van der Waals surface area contributed by atoms with Gasteiger partial charge in [-0.05, 0) is 31.4 Å². The first kappa shape index (κ1) is 21.1. The van der Waals surface area contributed by atoms with Crippen molar-refractivity contribution < 1.29 is 18.9 Å². The van der Waals surface area contributed by atoms with E-state index in [0.717, 1.165) is 16.7 Å². The number of thiazole rings is 1. The molecule has 0 radical (unpaired) electrons. The fourth-order valence-corrected chi connectivity index (χ4v) is 4.67. The molecule has 0 unspecified atom stereocenters. The van der Waals surface area contributed by atoms with Gasteiger partial charge in [0.25, 0.3) is 5.69 Å². The Hall–Kier alpha value is -3.11. The van der Waals surface area contributed by atoms with Crippen molar-refractivity contribution in [2.24, 2.45) is 4.99 Å². The van der Waals surface area contributed by atoms with E-state index in [1.54, 1.807) is 30.0 Å². The number of nitro groups is 1. The average Bonchev–Trinajstić information content (AvgIpc) is 3.34. The van der Waals surface area contributed by atoms with Gasteiger partial charge in [0, 0.05) is 29.8 Å². The monoisotopic (exact) mass is 457 g/mol. The molecule has 160 valence electrons. The zero-order chi connectivity index (χ0) is 22.0. The summed E-state index contributed by atoms with van der Waals surface area (Å²) in [5, 5.41) is 11.9. The molecule has 0 aliphatic rings. The summed E-state index contributed by atoms with van der Waals surface area (Å²) in [6.45, 7) is 2.98. The van der Waals surface area contributed by atoms with Crippen LogP contribution in [0.25, 0.3) is 21.2 Å². The summed E-state index contributed by atoms with van der Waals surface area (Å²) in [5.74, 6) is 0.981. The predicted molar refractivity (Wildman–Crippen MR) is 122 cm³/mol. The number of furan rings is 1. The number of benzene rings is 2. The van der Waals surface area contributed by atoms with Gasteiger partial charge in [-0.3, -0.25) is 14.9 Å². The lowest BCUT2D eigenvalue weighted by atomic mass is 10.2. The van der Waals surface area contributed by atoms with E-state index in [1.807, 2.05) is 29.9 Å². The summed E-state index contributed by atoms with van der Waals surface area (Å²) in [7, 11) is 0. The number of hydrogen-bond acceptors (Lipinski definition) is 7. The van der Waals surface area contributed by atoms with Crippen molar-refractivity contribution in [3.8, 4) is 5.75 Å². The van der Waals surface area contributed by atoms with E-state index in [2.05, 4.69) is 4.99 Å². The SMILES string of the molecule is CCOc1cccc2cc(C(=O)N=c3sc4cc([N+](=O)[O-])ccc4n3CCSC)oc12. The Morgan fingerprint density at radius 3 is 2.90 bits per heavy atom. The van der Waals surface area contributed by atoms with Crippen LogP contribution in [0.15, 0.2) is 51.9 Å². The largest absolute Gasteiger partial charge is 0.490 e. The average molecular weight is 458 g/mol. The summed E-state index contributed by atoms with van der Waals surface area (Å²) < 4.78 is 13.9. The van der Waals surface area contributed by atoms with Crippen molar-refractivity contribution >= 4 is 55.9 Å². The molecular formula is C21H19N3O5S2. The number of thioether (sulfide) groups is 1. The van der Waals surface area contributed by atoms with Gasteiger partial charge >= 0.3 is 5.91 Å². The second kappa shape index (κ2) is 8.94. The minimum absolute atomic E-state index is 0.00406. The van der Waals surface area contributed by atoms with Crippen LogP contribution in [0.2, 0.25) is 0 Å². The molecular weight excluding hydrogens is 438 g/mol. The lowest BCUT2D eigenvalue weighted by Gasteiger charge is -2.03. The van der Waals surface area contributed by atoms with E-state index in [4.69, 9.17) is 9.15 Å². The van der Waals surface area contributed by atoms with Gasteiger partial charge in [0.1, 0.15) is 0 Å². The first-order chi connectivity index (χ1) is 15.0. The molecule has 0 aliphatic carbocycles. The topological polar surface area (TPSA) is 99.9 Å². The Balaban J connectivity index is 1.80. The molecule has 0 N–H and O–H groups in total. The minimum atomic E-state index is -0.516. The number of carbonyl (C=O) groups excluding carboxylic acids is 1. The van der Waals surface area contributed by atoms with Crippen molar-refractivity contribution in [2.75, 3.05) is 18.6 Å². The van der Waals surface area contributed by atoms with Crippen molar-refractivity contribution in [2.45, 2.75) is 13.5 Å². The molecule has 0 aliphatic heterocycles. The van der Waals surface area contributed by atoms with Gasteiger partial charge in [-0.25, -0.2) is 0 Å². The number of nitrogens with zero attached hydrogens (tertiary/aromatic N) is 3. The molecule has 2 aromatic heterocycles. The Kier molecular flexibility index (Phi) is 6.10. The highest BCUT2D eigenvalue weighted by Crippen LogP contribution is 2.29. The number of aromatic nitrogens is 1. The fraction of sp³-hybridized carbons (Fsp3) is 0.238. The summed E-state index contributed by atoms with van der Waals surface area (Å²) >= 11 is 2.91. The molecule has 4 rings (SSSR count). The third-order valence-corrected chi connectivity index (χ3v) is 6.24. The molecule has 0 saturated heterocycles. The highest BCUT2D eigenvalue weighted by Gasteiger charge is 2.17. The number of fused-ring (bicyclic) bond motifs is 2. The summed E-state index contributed by atoms with van der Waals surface area (Å²) in [5.41, 5.74) is 1.31. The van der Waals surface area contributed by atoms with E-state index in [9.17, 15) is 14.9 Å². The molecule has 0 saturated carbocycles. The molecule has 0 spiro atoms. The van der Waals surface area contributed by atoms with Crippen LogP contribution in [-0.2, 0) is 6.54 Å². The number of ether oxygens (including phenoxy) is 1. The van der Waals surface area contributed by atoms with Crippen LogP contribution in [0.1, 0.15) is 17.5 Å². The maximum absolute atomic E-state index is 12.9. The Morgan fingerprint density at radius 1 is 1.32 bits per heavy atom. The van der Waals surface area contributed by atoms with E-state index in [0.29, 0.717) is 34.0 Å². The molecule has 31 heavy (non-hydrogen) atoms. The number of nitro benzene ring substituents is 1. The van der Waals surface area contributed by atoms with Gasteiger partial charge in [0.2, 0.25) is 0 Å². The standard InChI is InChI=1S/C21H19N3O5S2/c1-3-28-16-6-4-5-13-11-17(29-19(13)16)20(25)22-21-23(9-10-30-2)15-8-7-14(24(26)27)12-18(15)31-21/h4-8,11-12H,3,9-10H2,1-2H3. The lowest BCUT2D eigenvalue weighted by molar-refractivity contribution is -0.384. The van der Waals surface area contributed by atoms with Crippen molar-refractivity contribution in [3.05, 3.63) is 63.1 Å². The number of amides is 1. The van der Waals surface area contributed by atoms with Gasteiger partial charge in [-0.1, -0.05) is 23.5 Å². The second-order valence-electron chi connectivity index (χ2n) is 6.57. The zero-order valence-corrected chi connectivity index (χ0v) is 18.5. The molecule has 0 atom stereocenters. The predicted octanol–water partition coefficient (Wildman–Crippen LogP) is 4.86. The first-order valence-corrected chi connectivity index (χ1v) is 11.7. The van der Waals surface area contributed by atoms with E-state index in [1.165, 1.54) is 23.5 Å². The van der Waals surface area contributed by atoms with Gasteiger partial charge in [-0.15, -0.1) is 0 Å². The summed E-state index contributed by atoms with van der Waals surface area (Å²) in [6, 6.07) is 11.8. The molecule has 8 nitrogen and oxygen atoms in total. The molecule has 0 bridgehead atoms. The van der Waals surface area contributed by atoms with Gasteiger partial charge < -0.3 is 13.7 Å². The van der Waals surface area contributed by atoms with Crippen LogP contribution in [-0.4, -0.2) is 34.0 Å². The highest BCUT2D eigenvalue weighted by molar-refractivity contribution is 7.98. The quantitative estimate of drug-likeness (QED) is 0.290. The van der Waals surface area contributed by atoms with Crippen LogP contribution in [0.4, 0.5) is 5.69 Å². The van der Waals surface area contributed by atoms with Crippen LogP contribution in [0.3, 0.4) is 0 Å². The van der Waals surface area contributed by atoms with Gasteiger partial charge in [0.05, 0.1) is 21.7 Å². The Labute approximate surface area is 185 Å². The number of hydrogen-bond donors (Lipinski definition) is 0. The third kappa shape index (κ3) is 4.21. The number of aryl methyl sites for hydroxylation is 1. The van der Waals surface area contributed by atoms with Crippen LogP contribution in [0, 0.1) is 10.1 Å². The van der Waals surface area contributed by atoms with E-state index < -0.39 is 10.8 Å². The second-order valence-corrected chi connectivity index (χ2v) is 8.57. The molecule has 2 aromatic carbocycles. The summed E-state index contributed by atoms with van der Waals surface area (Å²) in [4.78, 5) is 28.4. The normalized spacial score (nSPS) is 12.0. The van der Waals surface area contributed by atoms with Crippen molar-refractivity contribution in [3.63, 3.8) is 0 Å². The minimum Gasteiger partial charge on any atom is -0.490 e. The number of para-hydroxylation sites is 1. The molecule has 4 aromatic rings.